The Morgan fingerprint density at radius 2 is 2.06 bits per heavy atom. The molecule has 0 aromatic carbocycles. The zero-order chi connectivity index (χ0) is 12.9. The van der Waals surface area contributed by atoms with E-state index < -0.39 is 0 Å². The fourth-order valence-electron chi connectivity index (χ4n) is 1.92. The van der Waals surface area contributed by atoms with Crippen molar-refractivity contribution in [2.24, 2.45) is 11.7 Å². The standard InChI is InChI=1S/C12H26N4O/c1-10(8-12(2,3)13)9-15-11(17)14-4-5-16-6-7-16/h10H,4-9,13H2,1-3H3,(H2,14,15,17). The van der Waals surface area contributed by atoms with Crippen LogP contribution in [0.4, 0.5) is 4.79 Å². The molecule has 0 aliphatic carbocycles. The Hall–Kier alpha value is -0.810. The lowest BCUT2D eigenvalue weighted by Crippen LogP contribution is -2.42. The number of nitrogens with one attached hydrogen (secondary N) is 2. The van der Waals surface area contributed by atoms with Crippen LogP contribution in [0.25, 0.3) is 0 Å². The lowest BCUT2D eigenvalue weighted by Gasteiger charge is -2.23. The van der Waals surface area contributed by atoms with Crippen molar-refractivity contribution in [1.82, 2.24) is 15.5 Å². The molecule has 1 unspecified atom stereocenters. The first-order valence-electron chi connectivity index (χ1n) is 6.40. The largest absolute Gasteiger partial charge is 0.338 e. The quantitative estimate of drug-likeness (QED) is 0.565. The molecule has 1 atom stereocenters. The van der Waals surface area contributed by atoms with E-state index in [0.29, 0.717) is 12.5 Å². The normalized spacial score (nSPS) is 17.6. The van der Waals surface area contributed by atoms with Crippen molar-refractivity contribution in [2.75, 3.05) is 32.7 Å². The van der Waals surface area contributed by atoms with Crippen LogP contribution in [0.5, 0.6) is 0 Å². The Morgan fingerprint density at radius 3 is 2.59 bits per heavy atom. The molecule has 1 rings (SSSR count). The fourth-order valence-corrected chi connectivity index (χ4v) is 1.92. The Bertz CT molecular complexity index is 245. The number of nitrogens with two attached hydrogens (primary N) is 1. The van der Waals surface area contributed by atoms with E-state index in [0.717, 1.165) is 19.5 Å². The van der Waals surface area contributed by atoms with E-state index in [1.165, 1.54) is 13.1 Å². The fraction of sp³-hybridized carbons (Fsp3) is 0.917. The highest BCUT2D eigenvalue weighted by atomic mass is 16.2. The summed E-state index contributed by atoms with van der Waals surface area (Å²) in [5.74, 6) is 0.396. The molecule has 0 bridgehead atoms. The number of carbonyl (C=O) groups excluding carboxylic acids is 1. The minimum absolute atomic E-state index is 0.0754. The summed E-state index contributed by atoms with van der Waals surface area (Å²) in [6.07, 6.45) is 0.904. The van der Waals surface area contributed by atoms with Crippen molar-refractivity contribution < 1.29 is 4.79 Å². The lowest BCUT2D eigenvalue weighted by molar-refractivity contribution is 0.237. The van der Waals surface area contributed by atoms with Crippen molar-refractivity contribution in [3.63, 3.8) is 0 Å². The summed E-state index contributed by atoms with van der Waals surface area (Å²) in [5, 5.41) is 5.72. The number of rotatable bonds is 7. The molecular weight excluding hydrogens is 216 g/mol. The van der Waals surface area contributed by atoms with Gasteiger partial charge < -0.3 is 16.4 Å². The molecule has 4 N–H and O–H groups in total. The molecule has 1 aliphatic heterocycles. The van der Waals surface area contributed by atoms with Gasteiger partial charge in [0.2, 0.25) is 0 Å². The highest BCUT2D eigenvalue weighted by molar-refractivity contribution is 5.73. The molecule has 1 fully saturated rings. The van der Waals surface area contributed by atoms with Crippen LogP contribution in [0.15, 0.2) is 0 Å². The monoisotopic (exact) mass is 242 g/mol. The minimum Gasteiger partial charge on any atom is -0.338 e. The van der Waals surface area contributed by atoms with E-state index in [1.54, 1.807) is 0 Å². The smallest absolute Gasteiger partial charge is 0.314 e. The number of hydrogen-bond donors (Lipinski definition) is 3. The molecule has 0 radical (unpaired) electrons. The van der Waals surface area contributed by atoms with Gasteiger partial charge in [0.25, 0.3) is 0 Å². The zero-order valence-corrected chi connectivity index (χ0v) is 11.3. The third-order valence-electron chi connectivity index (χ3n) is 2.74. The maximum absolute atomic E-state index is 11.4. The predicted octanol–water partition coefficient (Wildman–Crippen LogP) is 0.365. The topological polar surface area (TPSA) is 70.2 Å². The van der Waals surface area contributed by atoms with Crippen molar-refractivity contribution in [3.05, 3.63) is 0 Å². The molecule has 0 saturated carbocycles. The van der Waals surface area contributed by atoms with Crippen LogP contribution in [-0.4, -0.2) is 49.2 Å². The molecular formula is C12H26N4O. The number of nitrogens with zero attached hydrogens (tertiary/aromatic N) is 1. The summed E-state index contributed by atoms with van der Waals surface area (Å²) in [6.45, 7) is 10.8. The van der Waals surface area contributed by atoms with E-state index in [1.807, 2.05) is 13.8 Å². The first kappa shape index (κ1) is 14.3. The van der Waals surface area contributed by atoms with Gasteiger partial charge in [-0.3, -0.25) is 4.90 Å². The predicted molar refractivity (Wildman–Crippen MR) is 69.9 cm³/mol. The van der Waals surface area contributed by atoms with Gasteiger partial charge in [0.15, 0.2) is 0 Å². The summed E-state index contributed by atoms with van der Waals surface area (Å²) in [6, 6.07) is -0.0754. The van der Waals surface area contributed by atoms with Crippen LogP contribution in [0.3, 0.4) is 0 Å². The highest BCUT2D eigenvalue weighted by Crippen LogP contribution is 2.12. The summed E-state index contributed by atoms with van der Waals surface area (Å²) < 4.78 is 0. The Labute approximate surface area is 104 Å². The first-order chi connectivity index (χ1) is 7.87. The lowest BCUT2D eigenvalue weighted by atomic mass is 9.93. The first-order valence-corrected chi connectivity index (χ1v) is 6.40. The second-order valence-electron chi connectivity index (χ2n) is 5.78. The molecule has 2 amide bonds. The molecule has 1 heterocycles. The van der Waals surface area contributed by atoms with E-state index in [2.05, 4.69) is 22.5 Å². The van der Waals surface area contributed by atoms with Gasteiger partial charge in [0.1, 0.15) is 0 Å². The third kappa shape index (κ3) is 7.99. The maximum Gasteiger partial charge on any atom is 0.314 e. The minimum atomic E-state index is -0.170. The molecule has 17 heavy (non-hydrogen) atoms. The van der Waals surface area contributed by atoms with E-state index in [4.69, 9.17) is 5.73 Å². The molecule has 5 heteroatoms. The van der Waals surface area contributed by atoms with Crippen molar-refractivity contribution in [3.8, 4) is 0 Å². The van der Waals surface area contributed by atoms with Gasteiger partial charge in [0.05, 0.1) is 0 Å². The van der Waals surface area contributed by atoms with Gasteiger partial charge in [-0.2, -0.15) is 0 Å². The molecule has 1 saturated heterocycles. The molecule has 0 aromatic rings. The highest BCUT2D eigenvalue weighted by Gasteiger charge is 2.17. The van der Waals surface area contributed by atoms with Crippen molar-refractivity contribution in [2.45, 2.75) is 32.7 Å². The molecule has 0 spiro atoms. The van der Waals surface area contributed by atoms with Crippen LogP contribution in [-0.2, 0) is 0 Å². The maximum atomic E-state index is 11.4. The van der Waals surface area contributed by atoms with E-state index in [9.17, 15) is 4.79 Å². The second kappa shape index (κ2) is 6.21. The van der Waals surface area contributed by atoms with Crippen LogP contribution in [0.1, 0.15) is 27.2 Å². The molecule has 0 aromatic heterocycles. The van der Waals surface area contributed by atoms with Gasteiger partial charge in [-0.05, 0) is 26.2 Å². The number of hydrogen-bond acceptors (Lipinski definition) is 3. The molecule has 100 valence electrons. The number of amides is 2. The average Bonchev–Trinajstić information content (AvgIpc) is 2.96. The van der Waals surface area contributed by atoms with E-state index >= 15 is 0 Å². The van der Waals surface area contributed by atoms with Crippen LogP contribution in [0.2, 0.25) is 0 Å². The summed E-state index contributed by atoms with van der Waals surface area (Å²) in [5.41, 5.74) is 5.76. The Kier molecular flexibility index (Phi) is 5.21. The Balaban J connectivity index is 2.01. The molecule has 1 aliphatic rings. The number of carbonyl (C=O) groups is 1. The van der Waals surface area contributed by atoms with E-state index in [-0.39, 0.29) is 11.6 Å². The van der Waals surface area contributed by atoms with Gasteiger partial charge in [-0.1, -0.05) is 6.92 Å². The SMILES string of the molecule is CC(CNC(=O)NCCN1CC1)CC(C)(C)N. The van der Waals surface area contributed by atoms with Crippen LogP contribution in [0, 0.1) is 5.92 Å². The van der Waals surface area contributed by atoms with Gasteiger partial charge in [-0.15, -0.1) is 0 Å². The van der Waals surface area contributed by atoms with Crippen molar-refractivity contribution in [1.29, 1.82) is 0 Å². The summed E-state index contributed by atoms with van der Waals surface area (Å²) >= 11 is 0. The van der Waals surface area contributed by atoms with Gasteiger partial charge >= 0.3 is 6.03 Å². The van der Waals surface area contributed by atoms with Crippen LogP contribution < -0.4 is 16.4 Å². The summed E-state index contributed by atoms with van der Waals surface area (Å²) in [4.78, 5) is 13.7. The second-order valence-corrected chi connectivity index (χ2v) is 5.78. The number of urea groups is 1. The zero-order valence-electron chi connectivity index (χ0n) is 11.3. The average molecular weight is 242 g/mol. The molecule has 5 nitrogen and oxygen atoms in total. The third-order valence-corrected chi connectivity index (χ3v) is 2.74. The van der Waals surface area contributed by atoms with Crippen LogP contribution >= 0.6 is 0 Å². The summed E-state index contributed by atoms with van der Waals surface area (Å²) in [7, 11) is 0. The van der Waals surface area contributed by atoms with Gasteiger partial charge in [0, 0.05) is 38.3 Å². The van der Waals surface area contributed by atoms with Crippen molar-refractivity contribution >= 4 is 6.03 Å². The van der Waals surface area contributed by atoms with Gasteiger partial charge in [-0.25, -0.2) is 4.79 Å². The Morgan fingerprint density at radius 1 is 1.41 bits per heavy atom.